The topological polar surface area (TPSA) is 86.1 Å². The Morgan fingerprint density at radius 3 is 2.09 bits per heavy atom. The van der Waals surface area contributed by atoms with Gasteiger partial charge in [0.1, 0.15) is 18.1 Å². The zero-order chi connectivity index (χ0) is 24.6. The highest BCUT2D eigenvalue weighted by atomic mass is 16.6. The van der Waals surface area contributed by atoms with E-state index in [4.69, 9.17) is 14.3 Å². The summed E-state index contributed by atoms with van der Waals surface area (Å²) in [6.07, 6.45) is 2.32. The fourth-order valence-electron chi connectivity index (χ4n) is 3.77. The highest BCUT2D eigenvalue weighted by molar-refractivity contribution is 6.12. The SMILES string of the molecule is Cc1c(ON=C(c2ccccc2)c2ccccc2)ncnc1OC1CCN(C(=O)OC(C)C)CC1. The van der Waals surface area contributed by atoms with Crippen LogP contribution in [0.4, 0.5) is 4.79 Å². The summed E-state index contributed by atoms with van der Waals surface area (Å²) >= 11 is 0. The number of likely N-dealkylation sites (tertiary alicyclic amines) is 1. The lowest BCUT2D eigenvalue weighted by molar-refractivity contribution is 0.0504. The molecule has 1 fully saturated rings. The molecular formula is C27H30N4O4. The average molecular weight is 475 g/mol. The number of benzene rings is 2. The van der Waals surface area contributed by atoms with Crippen LogP contribution in [-0.2, 0) is 4.74 Å². The van der Waals surface area contributed by atoms with Crippen molar-refractivity contribution in [3.8, 4) is 11.8 Å². The Bertz CT molecular complexity index is 1100. The summed E-state index contributed by atoms with van der Waals surface area (Å²) in [4.78, 5) is 28.2. The minimum Gasteiger partial charge on any atom is -0.474 e. The van der Waals surface area contributed by atoms with Crippen LogP contribution >= 0.6 is 0 Å². The van der Waals surface area contributed by atoms with Crippen molar-refractivity contribution >= 4 is 11.8 Å². The van der Waals surface area contributed by atoms with Gasteiger partial charge in [-0.3, -0.25) is 0 Å². The Balaban J connectivity index is 1.45. The number of carbonyl (C=O) groups is 1. The molecule has 2 aromatic carbocycles. The molecule has 2 heterocycles. The molecule has 8 nitrogen and oxygen atoms in total. The summed E-state index contributed by atoms with van der Waals surface area (Å²) in [6.45, 7) is 6.69. The third kappa shape index (κ3) is 6.35. The molecule has 182 valence electrons. The molecule has 0 unspecified atom stereocenters. The van der Waals surface area contributed by atoms with E-state index in [1.54, 1.807) is 4.90 Å². The van der Waals surface area contributed by atoms with Gasteiger partial charge in [0.2, 0.25) is 5.88 Å². The molecule has 1 amide bonds. The standard InChI is InChI=1S/C27H30N4O4/c1-19(2)33-27(32)31-16-14-23(15-17-31)34-25-20(3)26(29-18-28-25)35-30-24(21-10-6-4-7-11-21)22-12-8-5-9-13-22/h4-13,18-19,23H,14-17H2,1-3H3. The second kappa shape index (κ2) is 11.5. The molecule has 0 atom stereocenters. The van der Waals surface area contributed by atoms with Gasteiger partial charge in [-0.15, -0.1) is 0 Å². The summed E-state index contributed by atoms with van der Waals surface area (Å²) in [5, 5.41) is 4.45. The van der Waals surface area contributed by atoms with E-state index in [1.807, 2.05) is 81.4 Å². The van der Waals surface area contributed by atoms with Crippen LogP contribution in [-0.4, -0.2) is 52.0 Å². The van der Waals surface area contributed by atoms with Crippen molar-refractivity contribution in [2.24, 2.45) is 5.16 Å². The third-order valence-electron chi connectivity index (χ3n) is 5.62. The van der Waals surface area contributed by atoms with E-state index in [-0.39, 0.29) is 18.3 Å². The number of aromatic nitrogens is 2. The number of piperidine rings is 1. The zero-order valence-electron chi connectivity index (χ0n) is 20.3. The first-order valence-corrected chi connectivity index (χ1v) is 11.8. The number of nitrogens with zero attached hydrogens (tertiary/aromatic N) is 4. The highest BCUT2D eigenvalue weighted by Crippen LogP contribution is 2.26. The lowest BCUT2D eigenvalue weighted by atomic mass is 10.0. The van der Waals surface area contributed by atoms with Crippen molar-refractivity contribution in [2.45, 2.75) is 45.8 Å². The molecule has 0 saturated carbocycles. The Morgan fingerprint density at radius 1 is 0.943 bits per heavy atom. The van der Waals surface area contributed by atoms with Crippen LogP contribution in [0.15, 0.2) is 72.1 Å². The monoisotopic (exact) mass is 474 g/mol. The van der Waals surface area contributed by atoms with Crippen molar-refractivity contribution < 1.29 is 19.1 Å². The molecule has 0 aliphatic carbocycles. The maximum Gasteiger partial charge on any atom is 0.410 e. The maximum atomic E-state index is 12.1. The first-order valence-electron chi connectivity index (χ1n) is 11.8. The van der Waals surface area contributed by atoms with Crippen LogP contribution in [0.1, 0.15) is 43.4 Å². The number of carbonyl (C=O) groups excluding carboxylic acids is 1. The summed E-state index contributed by atoms with van der Waals surface area (Å²) < 4.78 is 11.4. The summed E-state index contributed by atoms with van der Waals surface area (Å²) in [7, 11) is 0. The average Bonchev–Trinajstić information content (AvgIpc) is 2.87. The Labute approximate surface area is 205 Å². The number of ether oxygens (including phenoxy) is 2. The van der Waals surface area contributed by atoms with E-state index >= 15 is 0 Å². The predicted octanol–water partition coefficient (Wildman–Crippen LogP) is 5.00. The summed E-state index contributed by atoms with van der Waals surface area (Å²) in [5.74, 6) is 0.784. The highest BCUT2D eigenvalue weighted by Gasteiger charge is 2.26. The molecule has 4 rings (SSSR count). The van der Waals surface area contributed by atoms with Crippen LogP contribution in [0.3, 0.4) is 0 Å². The largest absolute Gasteiger partial charge is 0.474 e. The number of hydrogen-bond donors (Lipinski definition) is 0. The van der Waals surface area contributed by atoms with Crippen LogP contribution < -0.4 is 9.57 Å². The molecule has 1 aliphatic rings. The molecular weight excluding hydrogens is 444 g/mol. The van der Waals surface area contributed by atoms with Crippen LogP contribution in [0.2, 0.25) is 0 Å². The van der Waals surface area contributed by atoms with Crippen molar-refractivity contribution in [3.63, 3.8) is 0 Å². The molecule has 1 saturated heterocycles. The van der Waals surface area contributed by atoms with Gasteiger partial charge in [-0.25, -0.2) is 9.78 Å². The molecule has 1 aliphatic heterocycles. The number of amides is 1. The molecule has 8 heteroatoms. The van der Waals surface area contributed by atoms with Gasteiger partial charge in [-0.1, -0.05) is 65.8 Å². The minimum absolute atomic E-state index is 0.0627. The van der Waals surface area contributed by atoms with Gasteiger partial charge in [-0.05, 0) is 20.8 Å². The molecule has 0 radical (unpaired) electrons. The fourth-order valence-corrected chi connectivity index (χ4v) is 3.77. The first-order chi connectivity index (χ1) is 17.0. The third-order valence-corrected chi connectivity index (χ3v) is 5.62. The number of rotatable bonds is 7. The molecule has 0 spiro atoms. The lowest BCUT2D eigenvalue weighted by Gasteiger charge is -2.31. The van der Waals surface area contributed by atoms with Gasteiger partial charge >= 0.3 is 6.09 Å². The summed E-state index contributed by atoms with van der Waals surface area (Å²) in [6, 6.07) is 19.7. The van der Waals surface area contributed by atoms with Crippen molar-refractivity contribution in [2.75, 3.05) is 13.1 Å². The zero-order valence-corrected chi connectivity index (χ0v) is 20.3. The van der Waals surface area contributed by atoms with E-state index < -0.39 is 0 Å². The quantitative estimate of drug-likeness (QED) is 0.354. The first kappa shape index (κ1) is 24.2. The summed E-state index contributed by atoms with van der Waals surface area (Å²) in [5.41, 5.74) is 3.24. The van der Waals surface area contributed by atoms with E-state index in [0.29, 0.717) is 49.0 Å². The van der Waals surface area contributed by atoms with Crippen LogP contribution in [0, 0.1) is 6.92 Å². The Hall–Kier alpha value is -3.94. The second-order valence-corrected chi connectivity index (χ2v) is 8.61. The molecule has 35 heavy (non-hydrogen) atoms. The fraction of sp³-hybridized carbons (Fsp3) is 0.333. The van der Waals surface area contributed by atoms with Crippen molar-refractivity contribution in [1.29, 1.82) is 0 Å². The minimum atomic E-state index is -0.280. The molecule has 1 aromatic heterocycles. The molecule has 0 bridgehead atoms. The second-order valence-electron chi connectivity index (χ2n) is 8.61. The van der Waals surface area contributed by atoms with E-state index in [1.165, 1.54) is 6.33 Å². The van der Waals surface area contributed by atoms with E-state index in [0.717, 1.165) is 11.1 Å². The normalized spacial score (nSPS) is 13.9. The van der Waals surface area contributed by atoms with E-state index in [2.05, 4.69) is 15.1 Å². The van der Waals surface area contributed by atoms with Crippen molar-refractivity contribution in [3.05, 3.63) is 83.7 Å². The van der Waals surface area contributed by atoms with Gasteiger partial charge in [-0.2, -0.15) is 4.98 Å². The van der Waals surface area contributed by atoms with Gasteiger partial charge in [0.25, 0.3) is 5.88 Å². The lowest BCUT2D eigenvalue weighted by Crippen LogP contribution is -2.42. The van der Waals surface area contributed by atoms with Crippen molar-refractivity contribution in [1.82, 2.24) is 14.9 Å². The molecule has 0 N–H and O–H groups in total. The smallest absolute Gasteiger partial charge is 0.410 e. The van der Waals surface area contributed by atoms with Gasteiger partial charge in [0, 0.05) is 37.1 Å². The maximum absolute atomic E-state index is 12.1. The number of oxime groups is 1. The Kier molecular flexibility index (Phi) is 7.92. The van der Waals surface area contributed by atoms with Crippen LogP contribution in [0.25, 0.3) is 0 Å². The van der Waals surface area contributed by atoms with E-state index in [9.17, 15) is 4.79 Å². The Morgan fingerprint density at radius 2 is 1.51 bits per heavy atom. The predicted molar refractivity (Wildman–Crippen MR) is 133 cm³/mol. The van der Waals surface area contributed by atoms with Crippen LogP contribution in [0.5, 0.6) is 11.8 Å². The number of hydrogen-bond acceptors (Lipinski definition) is 7. The van der Waals surface area contributed by atoms with Gasteiger partial charge in [0.15, 0.2) is 0 Å². The van der Waals surface area contributed by atoms with Gasteiger partial charge < -0.3 is 19.2 Å². The molecule has 3 aromatic rings. The van der Waals surface area contributed by atoms with Gasteiger partial charge in [0.05, 0.1) is 11.7 Å².